The third kappa shape index (κ3) is 4.14. The van der Waals surface area contributed by atoms with Crippen molar-refractivity contribution in [3.8, 4) is 0 Å². The second-order valence-electron chi connectivity index (χ2n) is 5.89. The maximum atomic E-state index is 13.5. The molecule has 0 saturated heterocycles. The Labute approximate surface area is 141 Å². The molecule has 1 N–H and O–H groups in total. The van der Waals surface area contributed by atoms with Gasteiger partial charge in [-0.05, 0) is 74.6 Å². The quantitative estimate of drug-likeness (QED) is 0.790. The van der Waals surface area contributed by atoms with E-state index in [0.29, 0.717) is 17.0 Å². The highest BCUT2D eigenvalue weighted by Gasteiger charge is 2.11. The number of carbonyl (C=O) groups excluding carboxylic acids is 1. The Hall–Kier alpha value is -1.81. The van der Waals surface area contributed by atoms with Crippen LogP contribution < -0.4 is 5.32 Å². The van der Waals surface area contributed by atoms with Crippen LogP contribution in [-0.4, -0.2) is 11.7 Å². The average molecular weight is 331 g/mol. The van der Waals surface area contributed by atoms with Crippen LogP contribution in [0.2, 0.25) is 0 Å². The molecule has 4 heteroatoms. The van der Waals surface area contributed by atoms with Gasteiger partial charge in [0.1, 0.15) is 5.82 Å². The van der Waals surface area contributed by atoms with Crippen LogP contribution in [-0.2, 0) is 4.79 Å². The van der Waals surface area contributed by atoms with E-state index in [1.807, 2.05) is 0 Å². The number of aryl methyl sites for hydroxylation is 3. The van der Waals surface area contributed by atoms with Crippen molar-refractivity contribution in [3.05, 3.63) is 57.9 Å². The molecule has 0 fully saturated rings. The van der Waals surface area contributed by atoms with Crippen molar-refractivity contribution < 1.29 is 9.18 Å². The highest BCUT2D eigenvalue weighted by atomic mass is 32.2. The Bertz CT molecular complexity index is 729. The number of benzene rings is 2. The molecule has 0 radical (unpaired) electrons. The summed E-state index contributed by atoms with van der Waals surface area (Å²) in [5, 5.41) is 2.75. The Kier molecular flexibility index (Phi) is 5.47. The van der Waals surface area contributed by atoms with Gasteiger partial charge in [-0.1, -0.05) is 12.1 Å². The minimum absolute atomic E-state index is 0.129. The van der Waals surface area contributed by atoms with Gasteiger partial charge in [0.15, 0.2) is 0 Å². The summed E-state index contributed by atoms with van der Waals surface area (Å²) in [6.45, 7) is 10.0. The van der Waals surface area contributed by atoms with Crippen molar-refractivity contribution in [2.75, 3.05) is 11.1 Å². The predicted molar refractivity (Wildman–Crippen MR) is 95.9 cm³/mol. The molecule has 0 aliphatic rings. The summed E-state index contributed by atoms with van der Waals surface area (Å²) in [6, 6.07) is 6.90. The minimum atomic E-state index is -0.309. The van der Waals surface area contributed by atoms with Gasteiger partial charge in [-0.2, -0.15) is 0 Å². The summed E-state index contributed by atoms with van der Waals surface area (Å²) >= 11 is 1.53. The molecule has 0 aliphatic carbocycles. The molecular formula is C19H22FNOS. The summed E-state index contributed by atoms with van der Waals surface area (Å²) in [6.07, 6.45) is 0. The molecule has 0 atom stereocenters. The fourth-order valence-electron chi connectivity index (χ4n) is 2.40. The van der Waals surface area contributed by atoms with Crippen LogP contribution in [0.5, 0.6) is 0 Å². The largest absolute Gasteiger partial charge is 0.325 e. The molecule has 1 amide bonds. The lowest BCUT2D eigenvalue weighted by molar-refractivity contribution is -0.113. The number of halogens is 1. The molecule has 23 heavy (non-hydrogen) atoms. The monoisotopic (exact) mass is 331 g/mol. The lowest BCUT2D eigenvalue weighted by Gasteiger charge is -2.14. The van der Waals surface area contributed by atoms with Crippen LogP contribution >= 0.6 is 11.8 Å². The van der Waals surface area contributed by atoms with Crippen LogP contribution in [0, 0.1) is 40.4 Å². The summed E-state index contributed by atoms with van der Waals surface area (Å²) < 4.78 is 13.5. The van der Waals surface area contributed by atoms with Gasteiger partial charge in [-0.25, -0.2) is 4.39 Å². The maximum absolute atomic E-state index is 13.5. The second-order valence-corrected chi connectivity index (χ2v) is 6.88. The van der Waals surface area contributed by atoms with Crippen LogP contribution in [0.3, 0.4) is 0 Å². The zero-order valence-electron chi connectivity index (χ0n) is 14.2. The maximum Gasteiger partial charge on any atom is 0.234 e. The molecule has 0 spiro atoms. The lowest BCUT2D eigenvalue weighted by atomic mass is 10.0. The molecule has 0 aromatic heterocycles. The van der Waals surface area contributed by atoms with E-state index in [0.717, 1.165) is 4.90 Å². The number of hydrogen-bond acceptors (Lipinski definition) is 2. The molecule has 2 aromatic rings. The van der Waals surface area contributed by atoms with E-state index in [9.17, 15) is 9.18 Å². The molecule has 0 bridgehead atoms. The van der Waals surface area contributed by atoms with Crippen LogP contribution in [0.4, 0.5) is 10.1 Å². The second kappa shape index (κ2) is 7.18. The normalized spacial score (nSPS) is 10.7. The Morgan fingerprint density at radius 3 is 2.17 bits per heavy atom. The summed E-state index contributed by atoms with van der Waals surface area (Å²) in [5.74, 6) is -0.132. The van der Waals surface area contributed by atoms with Gasteiger partial charge in [-0.15, -0.1) is 11.8 Å². The topological polar surface area (TPSA) is 29.1 Å². The first-order valence-corrected chi connectivity index (χ1v) is 8.54. The first kappa shape index (κ1) is 17.5. The fourth-order valence-corrected chi connectivity index (χ4v) is 3.51. The molecule has 0 saturated carbocycles. The van der Waals surface area contributed by atoms with E-state index in [-0.39, 0.29) is 11.7 Å². The van der Waals surface area contributed by atoms with Crippen molar-refractivity contribution in [2.24, 2.45) is 0 Å². The molecule has 0 aliphatic heterocycles. The van der Waals surface area contributed by atoms with E-state index < -0.39 is 0 Å². The molecule has 2 rings (SSSR count). The smallest absolute Gasteiger partial charge is 0.234 e. The first-order chi connectivity index (χ1) is 10.8. The van der Waals surface area contributed by atoms with E-state index in [2.05, 4.69) is 39.1 Å². The summed E-state index contributed by atoms with van der Waals surface area (Å²) in [4.78, 5) is 13.3. The number of carbonyl (C=O) groups is 1. The zero-order valence-corrected chi connectivity index (χ0v) is 15.0. The highest BCUT2D eigenvalue weighted by Crippen LogP contribution is 2.30. The Morgan fingerprint density at radius 1 is 1.00 bits per heavy atom. The van der Waals surface area contributed by atoms with Gasteiger partial charge in [-0.3, -0.25) is 4.79 Å². The highest BCUT2D eigenvalue weighted by molar-refractivity contribution is 8.00. The average Bonchev–Trinajstić information content (AvgIpc) is 2.49. The van der Waals surface area contributed by atoms with Gasteiger partial charge >= 0.3 is 0 Å². The van der Waals surface area contributed by atoms with E-state index >= 15 is 0 Å². The van der Waals surface area contributed by atoms with Crippen LogP contribution in [0.1, 0.15) is 27.8 Å². The van der Waals surface area contributed by atoms with Gasteiger partial charge in [0.05, 0.1) is 5.75 Å². The number of thioether (sulfide) groups is 1. The van der Waals surface area contributed by atoms with Gasteiger partial charge in [0.25, 0.3) is 0 Å². The van der Waals surface area contributed by atoms with E-state index in [4.69, 9.17) is 0 Å². The summed E-state index contributed by atoms with van der Waals surface area (Å²) in [5.41, 5.74) is 5.96. The van der Waals surface area contributed by atoms with Gasteiger partial charge in [0.2, 0.25) is 5.91 Å². The van der Waals surface area contributed by atoms with Crippen molar-refractivity contribution >= 4 is 23.4 Å². The van der Waals surface area contributed by atoms with Crippen molar-refractivity contribution in [2.45, 2.75) is 39.5 Å². The third-order valence-electron chi connectivity index (χ3n) is 4.10. The standard InChI is InChI=1S/C19H22FNOS/c1-11-6-7-16(9-17(11)20)21-18(22)10-23-19-14(4)12(2)8-13(3)15(19)5/h6-9H,10H2,1-5H3,(H,21,22). The van der Waals surface area contributed by atoms with Crippen LogP contribution in [0.15, 0.2) is 29.2 Å². The summed E-state index contributed by atoms with van der Waals surface area (Å²) in [7, 11) is 0. The fraction of sp³-hybridized carbons (Fsp3) is 0.316. The van der Waals surface area contributed by atoms with Crippen molar-refractivity contribution in [1.29, 1.82) is 0 Å². The van der Waals surface area contributed by atoms with Crippen molar-refractivity contribution in [1.82, 2.24) is 0 Å². The Balaban J connectivity index is 2.06. The molecule has 0 heterocycles. The molecular weight excluding hydrogens is 309 g/mol. The van der Waals surface area contributed by atoms with Gasteiger partial charge < -0.3 is 5.32 Å². The number of amides is 1. The van der Waals surface area contributed by atoms with Crippen molar-refractivity contribution in [3.63, 3.8) is 0 Å². The minimum Gasteiger partial charge on any atom is -0.325 e. The molecule has 0 unspecified atom stereocenters. The number of rotatable bonds is 4. The SMILES string of the molecule is Cc1ccc(NC(=O)CSc2c(C)c(C)cc(C)c2C)cc1F. The third-order valence-corrected chi connectivity index (χ3v) is 5.41. The molecule has 2 nitrogen and oxygen atoms in total. The number of hydrogen-bond donors (Lipinski definition) is 1. The van der Waals surface area contributed by atoms with Crippen LogP contribution in [0.25, 0.3) is 0 Å². The first-order valence-electron chi connectivity index (χ1n) is 7.55. The Morgan fingerprint density at radius 2 is 1.61 bits per heavy atom. The van der Waals surface area contributed by atoms with E-state index in [1.54, 1.807) is 19.1 Å². The zero-order chi connectivity index (χ0) is 17.1. The number of nitrogens with one attached hydrogen (secondary N) is 1. The van der Waals surface area contributed by atoms with Gasteiger partial charge in [0, 0.05) is 10.6 Å². The number of anilines is 1. The molecule has 2 aromatic carbocycles. The lowest BCUT2D eigenvalue weighted by Crippen LogP contribution is -2.14. The predicted octanol–water partition coefficient (Wildman–Crippen LogP) is 5.10. The van der Waals surface area contributed by atoms with E-state index in [1.165, 1.54) is 40.1 Å². The molecule has 122 valence electrons.